The van der Waals surface area contributed by atoms with E-state index in [4.69, 9.17) is 0 Å². The molecule has 122 valence electrons. The van der Waals surface area contributed by atoms with E-state index in [0.29, 0.717) is 5.92 Å². The van der Waals surface area contributed by atoms with E-state index < -0.39 is 19.9 Å². The molecule has 0 radical (unpaired) electrons. The van der Waals surface area contributed by atoms with Crippen LogP contribution in [0.1, 0.15) is 32.6 Å². The zero-order chi connectivity index (χ0) is 16.1. The molecule has 2 aliphatic rings. The van der Waals surface area contributed by atoms with Gasteiger partial charge in [0.05, 0.1) is 9.79 Å². The maximum atomic E-state index is 12.9. The van der Waals surface area contributed by atoms with E-state index in [1.54, 1.807) is 4.31 Å². The molecule has 0 aromatic heterocycles. The first kappa shape index (κ1) is 16.0. The number of sulfonamides is 1. The first-order valence-electron chi connectivity index (χ1n) is 7.55. The molecule has 0 heterocycles. The van der Waals surface area contributed by atoms with Gasteiger partial charge in [-0.15, -0.1) is 0 Å². The molecule has 0 bridgehead atoms. The Kier molecular flexibility index (Phi) is 3.86. The average molecular weight is 343 g/mol. The van der Waals surface area contributed by atoms with Gasteiger partial charge in [-0.2, -0.15) is 4.31 Å². The monoisotopic (exact) mass is 343 g/mol. The van der Waals surface area contributed by atoms with Gasteiger partial charge in [-0.1, -0.05) is 0 Å². The fourth-order valence-corrected chi connectivity index (χ4v) is 5.41. The minimum atomic E-state index is -3.57. The van der Waals surface area contributed by atoms with Crippen molar-refractivity contribution in [2.45, 2.75) is 54.5 Å². The van der Waals surface area contributed by atoms with Crippen molar-refractivity contribution in [3.63, 3.8) is 0 Å². The van der Waals surface area contributed by atoms with Crippen molar-refractivity contribution in [1.82, 2.24) is 4.31 Å². The van der Waals surface area contributed by atoms with Crippen LogP contribution >= 0.6 is 0 Å². The zero-order valence-electron chi connectivity index (χ0n) is 12.8. The summed E-state index contributed by atoms with van der Waals surface area (Å²) in [5.41, 5.74) is 0. The van der Waals surface area contributed by atoms with Crippen LogP contribution in [-0.2, 0) is 19.9 Å². The van der Waals surface area contributed by atoms with Gasteiger partial charge in [-0.25, -0.2) is 16.8 Å². The van der Waals surface area contributed by atoms with Gasteiger partial charge in [-0.05, 0) is 62.8 Å². The van der Waals surface area contributed by atoms with Gasteiger partial charge >= 0.3 is 0 Å². The fraction of sp³-hybridized carbons (Fsp3) is 0.600. The summed E-state index contributed by atoms with van der Waals surface area (Å²) < 4.78 is 50.5. The molecule has 22 heavy (non-hydrogen) atoms. The predicted molar refractivity (Wildman–Crippen MR) is 83.8 cm³/mol. The molecular weight excluding hydrogens is 322 g/mol. The lowest BCUT2D eigenvalue weighted by Gasteiger charge is -2.28. The maximum absolute atomic E-state index is 12.9. The molecule has 7 heteroatoms. The van der Waals surface area contributed by atoms with Crippen molar-refractivity contribution in [2.75, 3.05) is 6.26 Å². The van der Waals surface area contributed by atoms with Gasteiger partial charge in [0.2, 0.25) is 10.0 Å². The second-order valence-electron chi connectivity index (χ2n) is 6.39. The lowest BCUT2D eigenvalue weighted by atomic mass is 10.2. The Bertz CT molecular complexity index is 760. The standard InChI is InChI=1S/C15H21NO4S2/c1-11(12-3-4-12)16(13-5-6-13)22(19,20)15-9-7-14(8-10-15)21(2,17)18/h7-13H,3-6H2,1-2H3/t11-/m0/s1. The molecule has 1 aromatic carbocycles. The number of hydrogen-bond acceptors (Lipinski definition) is 4. The van der Waals surface area contributed by atoms with E-state index >= 15 is 0 Å². The van der Waals surface area contributed by atoms with E-state index in [-0.39, 0.29) is 21.9 Å². The Morgan fingerprint density at radius 3 is 1.86 bits per heavy atom. The van der Waals surface area contributed by atoms with Crippen LogP contribution in [0.5, 0.6) is 0 Å². The molecule has 3 rings (SSSR count). The molecule has 5 nitrogen and oxygen atoms in total. The molecule has 0 N–H and O–H groups in total. The first-order chi connectivity index (χ1) is 10.2. The summed E-state index contributed by atoms with van der Waals surface area (Å²) in [6.07, 6.45) is 5.12. The molecule has 0 aliphatic heterocycles. The van der Waals surface area contributed by atoms with Crippen LogP contribution in [0.25, 0.3) is 0 Å². The SMILES string of the molecule is C[C@@H](C1CC1)N(C1CC1)S(=O)(=O)c1ccc(S(C)(=O)=O)cc1. The maximum Gasteiger partial charge on any atom is 0.243 e. The third kappa shape index (κ3) is 3.07. The molecule has 0 unspecified atom stereocenters. The van der Waals surface area contributed by atoms with Crippen LogP contribution in [0.2, 0.25) is 0 Å². The predicted octanol–water partition coefficient (Wildman–Crippen LogP) is 2.04. The average Bonchev–Trinajstić information content (AvgIpc) is 3.30. The van der Waals surface area contributed by atoms with Gasteiger partial charge in [0.1, 0.15) is 0 Å². The van der Waals surface area contributed by atoms with Crippen molar-refractivity contribution < 1.29 is 16.8 Å². The summed E-state index contributed by atoms with van der Waals surface area (Å²) in [5, 5.41) is 0. The minimum Gasteiger partial charge on any atom is -0.224 e. The lowest BCUT2D eigenvalue weighted by molar-refractivity contribution is 0.301. The van der Waals surface area contributed by atoms with Crippen LogP contribution in [0, 0.1) is 5.92 Å². The molecule has 2 fully saturated rings. The number of nitrogens with zero attached hydrogens (tertiary/aromatic N) is 1. The summed E-state index contributed by atoms with van der Waals surface area (Å²) in [6, 6.07) is 5.67. The van der Waals surface area contributed by atoms with Crippen molar-refractivity contribution in [2.24, 2.45) is 5.92 Å². The second kappa shape index (κ2) is 5.32. The second-order valence-corrected chi connectivity index (χ2v) is 10.2. The highest BCUT2D eigenvalue weighted by molar-refractivity contribution is 7.90. The number of sulfone groups is 1. The van der Waals surface area contributed by atoms with E-state index in [0.717, 1.165) is 31.9 Å². The van der Waals surface area contributed by atoms with E-state index in [1.807, 2.05) is 6.92 Å². The Labute approximate surface area is 132 Å². The molecule has 1 aromatic rings. The normalized spacial score (nSPS) is 21.0. The lowest BCUT2D eigenvalue weighted by Crippen LogP contribution is -2.41. The van der Waals surface area contributed by atoms with Gasteiger partial charge in [0, 0.05) is 18.3 Å². The summed E-state index contributed by atoms with van der Waals surface area (Å²) >= 11 is 0. The van der Waals surface area contributed by atoms with Crippen LogP contribution in [-0.4, -0.2) is 39.5 Å². The van der Waals surface area contributed by atoms with E-state index in [9.17, 15) is 16.8 Å². The van der Waals surface area contributed by atoms with Crippen molar-refractivity contribution in [3.8, 4) is 0 Å². The number of benzene rings is 1. The summed E-state index contributed by atoms with van der Waals surface area (Å²) in [6.45, 7) is 1.98. The smallest absolute Gasteiger partial charge is 0.224 e. The first-order valence-corrected chi connectivity index (χ1v) is 10.9. The molecule has 1 atom stereocenters. The molecule has 2 aliphatic carbocycles. The Morgan fingerprint density at radius 1 is 0.955 bits per heavy atom. The van der Waals surface area contributed by atoms with E-state index in [2.05, 4.69) is 0 Å². The molecular formula is C15H21NO4S2. The highest BCUT2D eigenvalue weighted by Gasteiger charge is 2.45. The molecule has 0 amide bonds. The van der Waals surface area contributed by atoms with Crippen molar-refractivity contribution >= 4 is 19.9 Å². The summed E-state index contributed by atoms with van der Waals surface area (Å²) in [7, 11) is -6.88. The fourth-order valence-electron chi connectivity index (χ4n) is 2.84. The third-order valence-corrected chi connectivity index (χ3v) is 7.62. The Morgan fingerprint density at radius 2 is 1.45 bits per heavy atom. The number of rotatable bonds is 6. The van der Waals surface area contributed by atoms with Crippen LogP contribution < -0.4 is 0 Å². The van der Waals surface area contributed by atoms with Gasteiger partial charge in [0.25, 0.3) is 0 Å². The summed E-state index contributed by atoms with van der Waals surface area (Å²) in [5.74, 6) is 0.464. The molecule has 2 saturated carbocycles. The minimum absolute atomic E-state index is 0.0204. The molecule has 0 spiro atoms. The van der Waals surface area contributed by atoms with Crippen LogP contribution in [0.4, 0.5) is 0 Å². The van der Waals surface area contributed by atoms with Crippen molar-refractivity contribution in [3.05, 3.63) is 24.3 Å². The van der Waals surface area contributed by atoms with E-state index in [1.165, 1.54) is 24.3 Å². The molecule has 0 saturated heterocycles. The highest BCUT2D eigenvalue weighted by Crippen LogP contribution is 2.42. The van der Waals surface area contributed by atoms with Gasteiger partial charge < -0.3 is 0 Å². The zero-order valence-corrected chi connectivity index (χ0v) is 14.4. The van der Waals surface area contributed by atoms with Crippen LogP contribution in [0.3, 0.4) is 0 Å². The topological polar surface area (TPSA) is 71.5 Å². The third-order valence-electron chi connectivity index (χ3n) is 4.44. The quantitative estimate of drug-likeness (QED) is 0.792. The highest BCUT2D eigenvalue weighted by atomic mass is 32.2. The van der Waals surface area contributed by atoms with Crippen molar-refractivity contribution in [1.29, 1.82) is 0 Å². The van der Waals surface area contributed by atoms with Gasteiger partial charge in [0.15, 0.2) is 9.84 Å². The Balaban J connectivity index is 1.93. The Hall–Kier alpha value is -0.920. The number of hydrogen-bond donors (Lipinski definition) is 0. The summed E-state index contributed by atoms with van der Waals surface area (Å²) in [4.78, 5) is 0.318. The largest absolute Gasteiger partial charge is 0.243 e. The van der Waals surface area contributed by atoms with Gasteiger partial charge in [-0.3, -0.25) is 0 Å². The van der Waals surface area contributed by atoms with Crippen LogP contribution in [0.15, 0.2) is 34.1 Å².